The number of benzene rings is 3. The zero-order valence-corrected chi connectivity index (χ0v) is 21.4. The van der Waals surface area contributed by atoms with Crippen LogP contribution in [0.5, 0.6) is 5.75 Å². The second kappa shape index (κ2) is 11.0. The van der Waals surface area contributed by atoms with Crippen LogP contribution in [0.25, 0.3) is 0 Å². The van der Waals surface area contributed by atoms with Crippen LogP contribution >= 0.6 is 11.6 Å². The molecule has 3 rings (SSSR count). The van der Waals surface area contributed by atoms with E-state index in [1.54, 1.807) is 42.5 Å². The minimum atomic E-state index is -4.10. The smallest absolute Gasteiger partial charge is 0.244 e. The molecule has 7 nitrogen and oxygen atoms in total. The molecule has 0 aromatic heterocycles. The number of rotatable bonds is 9. The lowest BCUT2D eigenvalue weighted by Gasteiger charge is -2.18. The van der Waals surface area contributed by atoms with Crippen LogP contribution in [0.3, 0.4) is 0 Å². The minimum Gasteiger partial charge on any atom is -0.495 e. The highest BCUT2D eigenvalue weighted by molar-refractivity contribution is 7.89. The predicted molar refractivity (Wildman–Crippen MR) is 137 cm³/mol. The van der Waals surface area contributed by atoms with Crippen molar-refractivity contribution in [1.82, 2.24) is 4.72 Å². The first-order valence-corrected chi connectivity index (χ1v) is 12.8. The fourth-order valence-corrected chi connectivity index (χ4v) is 4.99. The summed E-state index contributed by atoms with van der Waals surface area (Å²) < 4.78 is 33.9. The Labute approximate surface area is 210 Å². The zero-order chi connectivity index (χ0) is 25.8. The molecule has 0 heterocycles. The van der Waals surface area contributed by atoms with Gasteiger partial charge in [0.05, 0.1) is 18.8 Å². The van der Waals surface area contributed by atoms with Gasteiger partial charge in [0, 0.05) is 16.1 Å². The van der Waals surface area contributed by atoms with Gasteiger partial charge in [-0.3, -0.25) is 9.59 Å². The van der Waals surface area contributed by atoms with Crippen molar-refractivity contribution in [2.75, 3.05) is 12.4 Å². The summed E-state index contributed by atoms with van der Waals surface area (Å²) in [6, 6.07) is 16.8. The Morgan fingerprint density at radius 2 is 1.63 bits per heavy atom. The van der Waals surface area contributed by atoms with E-state index in [-0.39, 0.29) is 33.6 Å². The summed E-state index contributed by atoms with van der Waals surface area (Å²) in [7, 11) is -2.72. The normalized spacial score (nSPS) is 12.3. The van der Waals surface area contributed by atoms with E-state index in [9.17, 15) is 18.0 Å². The van der Waals surface area contributed by atoms with Crippen LogP contribution < -0.4 is 14.8 Å². The molecule has 1 amide bonds. The number of ketones is 1. The SMILES string of the molecule is COc1ccc(C(C)C)cc1S(=O)(=O)NC(C)C(=O)Nc1ccc(Cl)cc1C(=O)c1ccccc1. The van der Waals surface area contributed by atoms with Crippen molar-refractivity contribution in [3.05, 3.63) is 88.4 Å². The number of carbonyl (C=O) groups excluding carboxylic acids is 2. The van der Waals surface area contributed by atoms with E-state index >= 15 is 0 Å². The number of hydrogen-bond donors (Lipinski definition) is 2. The highest BCUT2D eigenvalue weighted by atomic mass is 35.5. The van der Waals surface area contributed by atoms with E-state index in [0.717, 1.165) is 5.56 Å². The molecule has 0 bridgehead atoms. The summed E-state index contributed by atoms with van der Waals surface area (Å²) in [4.78, 5) is 25.9. The van der Waals surface area contributed by atoms with Crippen molar-refractivity contribution >= 4 is 39.0 Å². The molecular formula is C26H27ClN2O5S. The van der Waals surface area contributed by atoms with Crippen LogP contribution in [0.4, 0.5) is 5.69 Å². The Bertz CT molecular complexity index is 1340. The topological polar surface area (TPSA) is 102 Å². The standard InChI is InChI=1S/C26H27ClN2O5S/c1-16(2)19-10-13-23(34-4)24(14-19)35(32,33)29-17(3)26(31)28-22-12-11-20(27)15-21(22)25(30)18-8-6-5-7-9-18/h5-17,29H,1-4H3,(H,28,31). The Balaban J connectivity index is 1.85. The second-order valence-electron chi connectivity index (χ2n) is 8.28. The molecule has 2 N–H and O–H groups in total. The Kier molecular flexibility index (Phi) is 8.32. The molecule has 0 radical (unpaired) electrons. The van der Waals surface area contributed by atoms with Crippen LogP contribution in [0.1, 0.15) is 48.2 Å². The third-order valence-corrected chi connectivity index (χ3v) is 7.19. The Morgan fingerprint density at radius 3 is 2.26 bits per heavy atom. The Morgan fingerprint density at radius 1 is 0.943 bits per heavy atom. The minimum absolute atomic E-state index is 0.0581. The molecule has 1 unspecified atom stereocenters. The summed E-state index contributed by atoms with van der Waals surface area (Å²) in [6.07, 6.45) is 0. The van der Waals surface area contributed by atoms with Gasteiger partial charge in [-0.05, 0) is 48.7 Å². The van der Waals surface area contributed by atoms with E-state index in [2.05, 4.69) is 10.0 Å². The van der Waals surface area contributed by atoms with Gasteiger partial charge < -0.3 is 10.1 Å². The van der Waals surface area contributed by atoms with Gasteiger partial charge in [-0.25, -0.2) is 8.42 Å². The summed E-state index contributed by atoms with van der Waals surface area (Å²) >= 11 is 6.10. The molecule has 0 aliphatic carbocycles. The predicted octanol–water partition coefficient (Wildman–Crippen LogP) is 5.01. The molecule has 3 aromatic rings. The van der Waals surface area contributed by atoms with Gasteiger partial charge >= 0.3 is 0 Å². The number of nitrogens with one attached hydrogen (secondary N) is 2. The average molecular weight is 515 g/mol. The van der Waals surface area contributed by atoms with E-state index in [1.807, 2.05) is 13.8 Å². The number of amides is 1. The zero-order valence-electron chi connectivity index (χ0n) is 19.8. The molecule has 0 aliphatic rings. The highest BCUT2D eigenvalue weighted by Crippen LogP contribution is 2.28. The molecular weight excluding hydrogens is 488 g/mol. The lowest BCUT2D eigenvalue weighted by atomic mass is 10.0. The number of halogens is 1. The number of methoxy groups -OCH3 is 1. The quantitative estimate of drug-likeness (QED) is 0.391. The fraction of sp³-hybridized carbons (Fsp3) is 0.231. The molecule has 0 saturated carbocycles. The summed E-state index contributed by atoms with van der Waals surface area (Å²) in [6.45, 7) is 5.31. The highest BCUT2D eigenvalue weighted by Gasteiger charge is 2.27. The maximum Gasteiger partial charge on any atom is 0.244 e. The molecule has 9 heteroatoms. The molecule has 0 spiro atoms. The number of hydrogen-bond acceptors (Lipinski definition) is 5. The van der Waals surface area contributed by atoms with Gasteiger partial charge in [0.2, 0.25) is 15.9 Å². The molecule has 35 heavy (non-hydrogen) atoms. The van der Waals surface area contributed by atoms with Gasteiger partial charge in [-0.15, -0.1) is 0 Å². The van der Waals surface area contributed by atoms with Crippen molar-refractivity contribution in [3.63, 3.8) is 0 Å². The molecule has 0 fully saturated rings. The number of anilines is 1. The third kappa shape index (κ3) is 6.28. The molecule has 1 atom stereocenters. The van der Waals surface area contributed by atoms with Gasteiger partial charge in [0.15, 0.2) is 5.78 Å². The van der Waals surface area contributed by atoms with Crippen molar-refractivity contribution in [1.29, 1.82) is 0 Å². The number of ether oxygens (including phenoxy) is 1. The van der Waals surface area contributed by atoms with Gasteiger partial charge in [0.25, 0.3) is 0 Å². The third-order valence-electron chi connectivity index (χ3n) is 5.39. The van der Waals surface area contributed by atoms with Crippen LogP contribution in [0.2, 0.25) is 5.02 Å². The first-order valence-electron chi connectivity index (χ1n) is 10.9. The lowest BCUT2D eigenvalue weighted by molar-refractivity contribution is -0.117. The van der Waals surface area contributed by atoms with Crippen molar-refractivity contribution < 1.29 is 22.7 Å². The van der Waals surface area contributed by atoms with E-state index in [0.29, 0.717) is 10.6 Å². The van der Waals surface area contributed by atoms with Crippen molar-refractivity contribution in [2.24, 2.45) is 0 Å². The first-order chi connectivity index (χ1) is 16.5. The van der Waals surface area contributed by atoms with Gasteiger partial charge in [0.1, 0.15) is 10.6 Å². The fourth-order valence-electron chi connectivity index (χ4n) is 3.41. The maximum atomic E-state index is 13.1. The van der Waals surface area contributed by atoms with Crippen molar-refractivity contribution in [3.8, 4) is 5.75 Å². The van der Waals surface area contributed by atoms with E-state index < -0.39 is 22.0 Å². The maximum absolute atomic E-state index is 13.1. The van der Waals surface area contributed by atoms with Crippen LogP contribution in [0, 0.1) is 0 Å². The molecule has 0 saturated heterocycles. The van der Waals surface area contributed by atoms with E-state index in [1.165, 1.54) is 38.3 Å². The first kappa shape index (κ1) is 26.4. The van der Waals surface area contributed by atoms with Crippen LogP contribution in [-0.2, 0) is 14.8 Å². The Hall–Kier alpha value is -3.20. The van der Waals surface area contributed by atoms with Crippen LogP contribution in [0.15, 0.2) is 71.6 Å². The average Bonchev–Trinajstić information content (AvgIpc) is 2.84. The van der Waals surface area contributed by atoms with Gasteiger partial charge in [-0.2, -0.15) is 4.72 Å². The van der Waals surface area contributed by atoms with E-state index in [4.69, 9.17) is 16.3 Å². The van der Waals surface area contributed by atoms with Crippen LogP contribution in [-0.4, -0.2) is 33.3 Å². The monoisotopic (exact) mass is 514 g/mol. The number of carbonyl (C=O) groups is 2. The largest absolute Gasteiger partial charge is 0.495 e. The summed E-state index contributed by atoms with van der Waals surface area (Å²) in [5, 5.41) is 2.97. The molecule has 184 valence electrons. The summed E-state index contributed by atoms with van der Waals surface area (Å²) in [5.41, 5.74) is 1.65. The summed E-state index contributed by atoms with van der Waals surface area (Å²) in [5.74, 6) is -0.701. The lowest BCUT2D eigenvalue weighted by Crippen LogP contribution is -2.41. The molecule has 3 aromatic carbocycles. The number of sulfonamides is 1. The molecule has 0 aliphatic heterocycles. The van der Waals surface area contributed by atoms with Crippen molar-refractivity contribution in [2.45, 2.75) is 37.6 Å². The second-order valence-corrected chi connectivity index (χ2v) is 10.4. The van der Waals surface area contributed by atoms with Gasteiger partial charge in [-0.1, -0.05) is 61.8 Å².